The molecule has 1 aromatic heterocycles. The summed E-state index contributed by atoms with van der Waals surface area (Å²) in [6, 6.07) is 5.87. The number of carbonyl (C=O) groups excluding carboxylic acids is 2. The Balaban J connectivity index is 1.40. The minimum Gasteiger partial charge on any atom is -0.337 e. The van der Waals surface area contributed by atoms with Gasteiger partial charge in [-0.05, 0) is 55.2 Å². The van der Waals surface area contributed by atoms with Crippen LogP contribution in [0.15, 0.2) is 41.4 Å². The minimum atomic E-state index is -4.58. The van der Waals surface area contributed by atoms with E-state index in [2.05, 4.69) is 10.3 Å². The highest BCUT2D eigenvalue weighted by atomic mass is 32.2. The van der Waals surface area contributed by atoms with Gasteiger partial charge >= 0.3 is 12.2 Å². The summed E-state index contributed by atoms with van der Waals surface area (Å²) < 4.78 is 61.7. The quantitative estimate of drug-likeness (QED) is 0.705. The zero-order valence-corrected chi connectivity index (χ0v) is 19.1. The molecule has 2 aromatic rings. The Morgan fingerprint density at radius 3 is 2.56 bits per heavy atom. The van der Waals surface area contributed by atoms with Crippen molar-refractivity contribution < 1.29 is 31.2 Å². The molecule has 0 spiro atoms. The largest absolute Gasteiger partial charge is 0.433 e. The number of benzene rings is 1. The number of alkyl halides is 3. The molecule has 0 saturated carbocycles. The van der Waals surface area contributed by atoms with Gasteiger partial charge in [0.25, 0.3) is 5.91 Å². The van der Waals surface area contributed by atoms with Crippen molar-refractivity contribution in [3.63, 3.8) is 0 Å². The highest BCUT2D eigenvalue weighted by Gasteiger charge is 2.33. The van der Waals surface area contributed by atoms with Crippen LogP contribution in [0, 0.1) is 0 Å². The third-order valence-electron chi connectivity index (χ3n) is 5.96. The lowest BCUT2D eigenvalue weighted by molar-refractivity contribution is -0.141. The van der Waals surface area contributed by atoms with Crippen LogP contribution in [0.4, 0.5) is 23.7 Å². The van der Waals surface area contributed by atoms with Gasteiger partial charge in [0.15, 0.2) is 9.84 Å². The zero-order chi connectivity index (χ0) is 24.7. The number of sulfone groups is 1. The van der Waals surface area contributed by atoms with Crippen LogP contribution in [0.5, 0.6) is 0 Å². The van der Waals surface area contributed by atoms with Crippen molar-refractivity contribution in [3.8, 4) is 0 Å². The van der Waals surface area contributed by atoms with Crippen LogP contribution < -0.4 is 10.2 Å². The van der Waals surface area contributed by atoms with Crippen LogP contribution >= 0.6 is 0 Å². The lowest BCUT2D eigenvalue weighted by Crippen LogP contribution is -2.52. The van der Waals surface area contributed by atoms with Crippen molar-refractivity contribution in [3.05, 3.63) is 53.3 Å². The van der Waals surface area contributed by atoms with E-state index in [-0.39, 0.29) is 29.1 Å². The fraction of sp³-hybridized carbons (Fsp3) is 0.409. The highest BCUT2D eigenvalue weighted by Crippen LogP contribution is 2.31. The number of nitrogens with zero attached hydrogens (tertiary/aromatic N) is 3. The van der Waals surface area contributed by atoms with E-state index in [1.807, 2.05) is 0 Å². The maximum absolute atomic E-state index is 12.9. The van der Waals surface area contributed by atoms with Crippen LogP contribution in [0.3, 0.4) is 0 Å². The summed E-state index contributed by atoms with van der Waals surface area (Å²) in [4.78, 5) is 32.3. The SMILES string of the molecule is CS(=O)(=O)c1ccc2c(c1)CCN2C(=O)NC1CCCN(C(=O)c2ccc(C(F)(F)F)nc2)C1. The molecule has 3 heterocycles. The molecule has 1 unspecified atom stereocenters. The number of aromatic nitrogens is 1. The van der Waals surface area contributed by atoms with Gasteiger partial charge in [0.05, 0.1) is 10.5 Å². The molecular weight excluding hydrogens is 473 g/mol. The Morgan fingerprint density at radius 2 is 1.91 bits per heavy atom. The van der Waals surface area contributed by atoms with Crippen molar-refractivity contribution in [1.29, 1.82) is 0 Å². The Kier molecular flexibility index (Phi) is 6.28. The second-order valence-electron chi connectivity index (χ2n) is 8.43. The minimum absolute atomic E-state index is 0.0510. The summed E-state index contributed by atoms with van der Waals surface area (Å²) >= 11 is 0. The number of fused-ring (bicyclic) bond motifs is 1. The number of nitrogens with one attached hydrogen (secondary N) is 1. The molecule has 0 aliphatic carbocycles. The van der Waals surface area contributed by atoms with E-state index in [0.29, 0.717) is 38.0 Å². The van der Waals surface area contributed by atoms with Gasteiger partial charge in [0, 0.05) is 43.8 Å². The van der Waals surface area contributed by atoms with Crippen molar-refractivity contribution in [2.24, 2.45) is 0 Å². The van der Waals surface area contributed by atoms with Crippen LogP contribution in [0.2, 0.25) is 0 Å². The molecule has 34 heavy (non-hydrogen) atoms. The second-order valence-corrected chi connectivity index (χ2v) is 10.4. The first kappa shape index (κ1) is 24.0. The third-order valence-corrected chi connectivity index (χ3v) is 7.07. The second kappa shape index (κ2) is 8.90. The molecular formula is C22H23F3N4O4S. The number of rotatable bonds is 3. The van der Waals surface area contributed by atoms with Crippen molar-refractivity contribution >= 4 is 27.5 Å². The number of hydrogen-bond donors (Lipinski definition) is 1. The first-order chi connectivity index (χ1) is 15.9. The van der Waals surface area contributed by atoms with Gasteiger partial charge in [-0.3, -0.25) is 14.7 Å². The number of hydrogen-bond acceptors (Lipinski definition) is 5. The lowest BCUT2D eigenvalue weighted by atomic mass is 10.0. The molecule has 12 heteroatoms. The number of carbonyl (C=O) groups is 2. The van der Waals surface area contributed by atoms with Gasteiger partial charge in [-0.15, -0.1) is 0 Å². The predicted octanol–water partition coefficient (Wildman–Crippen LogP) is 2.88. The van der Waals surface area contributed by atoms with E-state index in [0.717, 1.165) is 30.1 Å². The van der Waals surface area contributed by atoms with Gasteiger partial charge in [0.1, 0.15) is 5.69 Å². The van der Waals surface area contributed by atoms with Crippen molar-refractivity contribution in [1.82, 2.24) is 15.2 Å². The van der Waals surface area contributed by atoms with E-state index in [1.165, 1.54) is 11.0 Å². The van der Waals surface area contributed by atoms with Crippen LogP contribution in [0.1, 0.15) is 34.5 Å². The summed E-state index contributed by atoms with van der Waals surface area (Å²) in [5, 5.41) is 2.92. The maximum atomic E-state index is 12.9. The van der Waals surface area contributed by atoms with Gasteiger partial charge in [-0.2, -0.15) is 13.2 Å². The molecule has 4 rings (SSSR count). The molecule has 8 nitrogen and oxygen atoms in total. The smallest absolute Gasteiger partial charge is 0.337 e. The first-order valence-electron chi connectivity index (χ1n) is 10.7. The Labute approximate surface area is 194 Å². The lowest BCUT2D eigenvalue weighted by Gasteiger charge is -2.34. The highest BCUT2D eigenvalue weighted by molar-refractivity contribution is 7.90. The molecule has 1 fully saturated rings. The number of likely N-dealkylation sites (tertiary alicyclic amines) is 1. The third kappa shape index (κ3) is 5.01. The first-order valence-corrected chi connectivity index (χ1v) is 12.6. The summed E-state index contributed by atoms with van der Waals surface area (Å²) in [5.74, 6) is -0.444. The molecule has 3 amide bonds. The summed E-state index contributed by atoms with van der Waals surface area (Å²) in [7, 11) is -3.35. The number of pyridine rings is 1. The van der Waals surface area contributed by atoms with E-state index >= 15 is 0 Å². The van der Waals surface area contributed by atoms with E-state index < -0.39 is 27.6 Å². The van der Waals surface area contributed by atoms with Crippen molar-refractivity contribution in [2.75, 3.05) is 30.8 Å². The Bertz CT molecular complexity index is 1220. The Hall–Kier alpha value is -3.15. The van der Waals surface area contributed by atoms with Gasteiger partial charge < -0.3 is 10.2 Å². The fourth-order valence-electron chi connectivity index (χ4n) is 4.22. The summed E-state index contributed by atoms with van der Waals surface area (Å²) in [5.41, 5.74) is 0.398. The van der Waals surface area contributed by atoms with E-state index in [9.17, 15) is 31.2 Å². The molecule has 2 aliphatic rings. The number of halogens is 3. The molecule has 0 bridgehead atoms. The molecule has 1 saturated heterocycles. The number of piperidine rings is 1. The zero-order valence-electron chi connectivity index (χ0n) is 18.3. The van der Waals surface area contributed by atoms with Crippen LogP contribution in [-0.2, 0) is 22.4 Å². The normalized spacial score (nSPS) is 18.5. The monoisotopic (exact) mass is 496 g/mol. The summed E-state index contributed by atoms with van der Waals surface area (Å²) in [6.45, 7) is 1.05. The average Bonchev–Trinajstić information content (AvgIpc) is 3.21. The van der Waals surface area contributed by atoms with Gasteiger partial charge in [-0.1, -0.05) is 0 Å². The van der Waals surface area contributed by atoms with E-state index in [4.69, 9.17) is 0 Å². The number of anilines is 1. The van der Waals surface area contributed by atoms with Gasteiger partial charge in [-0.25, -0.2) is 13.2 Å². The maximum Gasteiger partial charge on any atom is 0.433 e. The standard InChI is InChI=1S/C22H23F3N4O4S/c1-34(32,33)17-5-6-18-14(11-17)8-10-29(18)21(31)27-16-3-2-9-28(13-16)20(30)15-4-7-19(26-12-15)22(23,24)25/h4-7,11-12,16H,2-3,8-10,13H2,1H3,(H,27,31). The fourth-order valence-corrected chi connectivity index (χ4v) is 4.89. The molecule has 182 valence electrons. The molecule has 0 radical (unpaired) electrons. The van der Waals surface area contributed by atoms with E-state index in [1.54, 1.807) is 17.0 Å². The average molecular weight is 497 g/mol. The molecule has 1 aromatic carbocycles. The molecule has 1 atom stereocenters. The van der Waals surface area contributed by atoms with Crippen LogP contribution in [-0.4, -0.2) is 62.2 Å². The summed E-state index contributed by atoms with van der Waals surface area (Å²) in [6.07, 6.45) is -0.733. The topological polar surface area (TPSA) is 99.7 Å². The van der Waals surface area contributed by atoms with Gasteiger partial charge in [0.2, 0.25) is 0 Å². The molecule has 2 aliphatic heterocycles. The number of amides is 3. The Morgan fingerprint density at radius 1 is 1.15 bits per heavy atom. The predicted molar refractivity (Wildman–Crippen MR) is 117 cm³/mol. The molecule has 1 N–H and O–H groups in total. The van der Waals surface area contributed by atoms with Crippen LogP contribution in [0.25, 0.3) is 0 Å². The van der Waals surface area contributed by atoms with Crippen molar-refractivity contribution in [2.45, 2.75) is 36.4 Å². The number of urea groups is 1.